The fraction of sp³-hybridized carbons (Fsp3) is 0.408. The van der Waals surface area contributed by atoms with Crippen molar-refractivity contribution in [3.05, 3.63) is 113 Å². The van der Waals surface area contributed by atoms with Gasteiger partial charge in [0.2, 0.25) is 11.9 Å². The molecule has 7 heterocycles. The first-order valence-electron chi connectivity index (χ1n) is 22.0. The van der Waals surface area contributed by atoms with Crippen molar-refractivity contribution in [2.45, 2.75) is 97.8 Å². The third-order valence-corrected chi connectivity index (χ3v) is 14.5. The Kier molecular flexibility index (Phi) is 10.3. The molecule has 15 heteroatoms. The van der Waals surface area contributed by atoms with Crippen LogP contribution in [0.15, 0.2) is 67.1 Å². The molecule has 0 saturated heterocycles. The minimum atomic E-state index is -0.826. The van der Waals surface area contributed by atoms with Gasteiger partial charge in [-0.25, -0.2) is 28.1 Å². The van der Waals surface area contributed by atoms with Gasteiger partial charge in [0.05, 0.1) is 70.1 Å². The summed E-state index contributed by atoms with van der Waals surface area (Å²) in [6.07, 6.45) is 11.2. The number of amides is 2. The number of carbonyl (C=O) groups excluding carboxylic acids is 2. The number of benzene rings is 1. The molecule has 2 aliphatic heterocycles. The van der Waals surface area contributed by atoms with E-state index in [-0.39, 0.29) is 58.2 Å². The van der Waals surface area contributed by atoms with Crippen molar-refractivity contribution in [1.29, 1.82) is 0 Å². The van der Waals surface area contributed by atoms with Crippen molar-refractivity contribution in [2.75, 3.05) is 14.1 Å². The predicted molar refractivity (Wildman–Crippen MR) is 232 cm³/mol. The highest BCUT2D eigenvalue weighted by Gasteiger charge is 2.50. The molecule has 1 aromatic carbocycles. The molecule has 6 aromatic rings. The maximum Gasteiger partial charge on any atom is 0.255 e. The molecule has 0 bridgehead atoms. The van der Waals surface area contributed by atoms with Crippen LogP contribution in [0.2, 0.25) is 0 Å². The number of carbonyl (C=O) groups is 2. The van der Waals surface area contributed by atoms with E-state index < -0.39 is 30.7 Å². The summed E-state index contributed by atoms with van der Waals surface area (Å²) in [6.45, 7) is 3.71. The Labute approximate surface area is 368 Å². The monoisotopic (exact) mass is 871 g/mol. The van der Waals surface area contributed by atoms with Crippen molar-refractivity contribution in [2.24, 2.45) is 16.7 Å². The molecule has 330 valence electrons. The number of nitrogens with zero attached hydrogens (tertiary/aromatic N) is 9. The molecular weight excluding hydrogens is 823 g/mol. The van der Waals surface area contributed by atoms with E-state index in [0.29, 0.717) is 63.6 Å². The largest absolute Gasteiger partial charge is 0.336 e. The first kappa shape index (κ1) is 41.7. The van der Waals surface area contributed by atoms with E-state index in [2.05, 4.69) is 39.0 Å². The number of pyridine rings is 3. The second kappa shape index (κ2) is 15.8. The maximum atomic E-state index is 16.8. The van der Waals surface area contributed by atoms with Gasteiger partial charge in [0, 0.05) is 61.2 Å². The average molecular weight is 872 g/mol. The summed E-state index contributed by atoms with van der Waals surface area (Å²) in [7, 11) is 3.48. The number of hydrogen-bond donors (Lipinski definition) is 0. The molecule has 4 aliphatic rings. The Morgan fingerprint density at radius 1 is 0.672 bits per heavy atom. The highest BCUT2D eigenvalue weighted by molar-refractivity contribution is 6.01. The van der Waals surface area contributed by atoms with Crippen molar-refractivity contribution in [3.63, 3.8) is 0 Å². The van der Waals surface area contributed by atoms with Crippen LogP contribution >= 0.6 is 0 Å². The summed E-state index contributed by atoms with van der Waals surface area (Å²) in [4.78, 5) is 44.0. The van der Waals surface area contributed by atoms with E-state index >= 15 is 8.78 Å². The van der Waals surface area contributed by atoms with E-state index in [1.54, 1.807) is 60.4 Å². The zero-order valence-corrected chi connectivity index (χ0v) is 36.3. The van der Waals surface area contributed by atoms with Gasteiger partial charge in [-0.3, -0.25) is 14.6 Å². The molecule has 0 radical (unpaired) electrons. The van der Waals surface area contributed by atoms with Crippen LogP contribution in [0.25, 0.3) is 44.8 Å². The topological polar surface area (TPSA) is 115 Å². The van der Waals surface area contributed by atoms with Crippen LogP contribution in [0, 0.1) is 28.6 Å². The summed E-state index contributed by atoms with van der Waals surface area (Å²) in [5.74, 6) is -1.49. The number of alkyl halides is 2. The van der Waals surface area contributed by atoms with Gasteiger partial charge in [0.1, 0.15) is 13.3 Å². The summed E-state index contributed by atoms with van der Waals surface area (Å²) in [5.41, 5.74) is 5.20. The number of fused-ring (bicyclic) bond motifs is 2. The van der Waals surface area contributed by atoms with Gasteiger partial charge in [0.15, 0.2) is 0 Å². The SMILES string of the molecule is CN1Cc2ncc(-c3nc(CF)ccc3-c3cnn(CC4(C)CCCC4C4c5ccc(-c6nc(CF)ccc6-c6cnn(CC7(C)CCCC7)c6F)cc5C(=O)N4C)c3F)cc2C1=O. The van der Waals surface area contributed by atoms with Crippen LogP contribution in [-0.4, -0.2) is 70.2 Å². The molecule has 11 nitrogen and oxygen atoms in total. The quantitative estimate of drug-likeness (QED) is 0.119. The van der Waals surface area contributed by atoms with E-state index in [9.17, 15) is 18.4 Å². The highest BCUT2D eigenvalue weighted by Crippen LogP contribution is 2.55. The number of halogens is 4. The predicted octanol–water partition coefficient (Wildman–Crippen LogP) is 9.95. The summed E-state index contributed by atoms with van der Waals surface area (Å²) in [5, 5.41) is 8.98. The second-order valence-electron chi connectivity index (χ2n) is 18.9. The fourth-order valence-corrected chi connectivity index (χ4v) is 11.0. The first-order chi connectivity index (χ1) is 30.8. The fourth-order valence-electron chi connectivity index (χ4n) is 11.0. The zero-order chi connectivity index (χ0) is 44.7. The molecule has 2 saturated carbocycles. The Morgan fingerprint density at radius 3 is 1.92 bits per heavy atom. The zero-order valence-electron chi connectivity index (χ0n) is 36.3. The average Bonchev–Trinajstić information content (AvgIpc) is 4.16. The lowest BCUT2D eigenvalue weighted by Gasteiger charge is -2.38. The lowest BCUT2D eigenvalue weighted by Crippen LogP contribution is -2.37. The summed E-state index contributed by atoms with van der Waals surface area (Å²) in [6, 6.07) is 13.3. The highest BCUT2D eigenvalue weighted by atomic mass is 19.1. The van der Waals surface area contributed by atoms with E-state index in [0.717, 1.165) is 50.5 Å². The maximum absolute atomic E-state index is 16.8. The van der Waals surface area contributed by atoms with Gasteiger partial charge in [-0.05, 0) is 72.3 Å². The van der Waals surface area contributed by atoms with Gasteiger partial charge in [-0.2, -0.15) is 19.0 Å². The van der Waals surface area contributed by atoms with Crippen molar-refractivity contribution in [1.82, 2.24) is 44.3 Å². The van der Waals surface area contributed by atoms with E-state index in [4.69, 9.17) is 0 Å². The van der Waals surface area contributed by atoms with Gasteiger partial charge >= 0.3 is 0 Å². The molecule has 0 N–H and O–H groups in total. The molecule has 3 atom stereocenters. The molecule has 0 spiro atoms. The number of rotatable bonds is 11. The van der Waals surface area contributed by atoms with Gasteiger partial charge in [-0.1, -0.05) is 57.4 Å². The van der Waals surface area contributed by atoms with Crippen LogP contribution in [0.3, 0.4) is 0 Å². The van der Waals surface area contributed by atoms with Crippen LogP contribution in [0.1, 0.15) is 108 Å². The first-order valence-corrected chi connectivity index (χ1v) is 22.0. The van der Waals surface area contributed by atoms with Crippen LogP contribution in [-0.2, 0) is 33.0 Å². The van der Waals surface area contributed by atoms with Gasteiger partial charge < -0.3 is 9.80 Å². The third kappa shape index (κ3) is 6.89. The Hall–Kier alpha value is -6.25. The summed E-state index contributed by atoms with van der Waals surface area (Å²) >= 11 is 0. The molecule has 2 aliphatic carbocycles. The molecule has 5 aromatic heterocycles. The Morgan fingerprint density at radius 2 is 1.28 bits per heavy atom. The van der Waals surface area contributed by atoms with Crippen molar-refractivity contribution < 1.29 is 27.2 Å². The van der Waals surface area contributed by atoms with Gasteiger partial charge in [0.25, 0.3) is 11.8 Å². The standard InChI is InChI=1S/C49H49F4N9O2/c1-48(15-5-6-16-48)26-61-44(52)37(23-55-61)32-13-10-30(20-50)57-41(32)28-9-12-34-35(18-28)47(64)60(4)43(34)39-8-7-17-49(39,2)27-62-45(53)38(24-56-62)33-14-11-31(21-51)58-42(33)29-19-36-40(54-22-29)25-59(3)46(36)63/h9-14,18-19,22-24,39,43H,5-8,15-17,20-21,25-27H2,1-4H3. The van der Waals surface area contributed by atoms with Crippen molar-refractivity contribution in [3.8, 4) is 44.8 Å². The lowest BCUT2D eigenvalue weighted by molar-refractivity contribution is 0.0574. The number of aromatic nitrogens is 7. The van der Waals surface area contributed by atoms with Gasteiger partial charge in [-0.15, -0.1) is 0 Å². The smallest absolute Gasteiger partial charge is 0.255 e. The normalized spacial score (nSPS) is 21.4. The molecule has 64 heavy (non-hydrogen) atoms. The Bertz CT molecular complexity index is 2850. The lowest BCUT2D eigenvalue weighted by atomic mass is 9.73. The summed E-state index contributed by atoms with van der Waals surface area (Å²) < 4.78 is 63.8. The van der Waals surface area contributed by atoms with Crippen molar-refractivity contribution >= 4 is 11.8 Å². The minimum absolute atomic E-state index is 0.0352. The second-order valence-corrected chi connectivity index (χ2v) is 18.9. The third-order valence-electron chi connectivity index (χ3n) is 14.5. The molecule has 10 rings (SSSR count). The van der Waals surface area contributed by atoms with Crippen LogP contribution < -0.4 is 0 Å². The molecule has 2 fully saturated rings. The Balaban J connectivity index is 0.951. The van der Waals surface area contributed by atoms with Crippen LogP contribution in [0.5, 0.6) is 0 Å². The van der Waals surface area contributed by atoms with E-state index in [1.807, 2.05) is 12.1 Å². The molecular formula is C49H49F4N9O2. The van der Waals surface area contributed by atoms with Crippen LogP contribution in [0.4, 0.5) is 17.6 Å². The number of hydrogen-bond acceptors (Lipinski definition) is 7. The van der Waals surface area contributed by atoms with E-state index in [1.165, 1.54) is 27.8 Å². The molecule has 2 amide bonds. The minimum Gasteiger partial charge on any atom is -0.336 e. The molecule has 3 unspecified atom stereocenters.